The maximum absolute atomic E-state index is 11.3. The minimum absolute atomic E-state index is 0.0768. The predicted molar refractivity (Wildman–Crippen MR) is 62.5 cm³/mol. The van der Waals surface area contributed by atoms with Gasteiger partial charge in [-0.25, -0.2) is 0 Å². The number of hydrogen-bond acceptors (Lipinski definition) is 6. The van der Waals surface area contributed by atoms with Gasteiger partial charge in [-0.1, -0.05) is 0 Å². The molecule has 0 saturated heterocycles. The summed E-state index contributed by atoms with van der Waals surface area (Å²) >= 11 is 0. The van der Waals surface area contributed by atoms with Crippen molar-refractivity contribution in [1.29, 1.82) is 0 Å². The molecule has 3 N–H and O–H groups in total. The highest BCUT2D eigenvalue weighted by Crippen LogP contribution is 2.37. The zero-order valence-corrected chi connectivity index (χ0v) is 9.98. The Labute approximate surface area is 103 Å². The lowest BCUT2D eigenvalue weighted by Crippen LogP contribution is -2.14. The molecule has 0 aliphatic carbocycles. The van der Waals surface area contributed by atoms with Crippen molar-refractivity contribution in [3.05, 3.63) is 23.8 Å². The number of benzene rings is 1. The molecule has 96 valence electrons. The van der Waals surface area contributed by atoms with Crippen molar-refractivity contribution in [3.63, 3.8) is 0 Å². The number of nitrogens with two attached hydrogens (primary N) is 1. The Kier molecular flexibility index (Phi) is 2.19. The summed E-state index contributed by atoms with van der Waals surface area (Å²) < 4.78 is 33.1. The van der Waals surface area contributed by atoms with Crippen LogP contribution in [0.15, 0.2) is 18.2 Å². The molecule has 2 heterocycles. The highest BCUT2D eigenvalue weighted by Gasteiger charge is 2.34. The second-order valence-electron chi connectivity index (χ2n) is 3.88. The third kappa shape index (κ3) is 1.50. The van der Waals surface area contributed by atoms with Crippen molar-refractivity contribution < 1.29 is 22.0 Å². The molecule has 8 heteroatoms. The van der Waals surface area contributed by atoms with Crippen LogP contribution in [0.4, 0.5) is 0 Å². The fraction of sp³-hybridized carbons (Fsp3) is 0.200. The van der Waals surface area contributed by atoms with Crippen molar-refractivity contribution in [2.75, 3.05) is 6.54 Å². The summed E-state index contributed by atoms with van der Waals surface area (Å²) in [5, 5.41) is 10.1. The van der Waals surface area contributed by atoms with E-state index in [1.165, 1.54) is 12.1 Å². The van der Waals surface area contributed by atoms with Gasteiger partial charge in [-0.15, -0.1) is 13.1 Å². The number of aromatic nitrogens is 1. The van der Waals surface area contributed by atoms with Gasteiger partial charge in [0.2, 0.25) is 0 Å². The minimum atomic E-state index is -4.04. The van der Waals surface area contributed by atoms with Gasteiger partial charge in [0, 0.05) is 10.9 Å². The normalized spacial score (nSPS) is 16.3. The van der Waals surface area contributed by atoms with E-state index in [-0.39, 0.29) is 11.6 Å². The van der Waals surface area contributed by atoms with Gasteiger partial charge < -0.3 is 15.0 Å². The lowest BCUT2D eigenvalue weighted by molar-refractivity contribution is 0.312. The van der Waals surface area contributed by atoms with Crippen LogP contribution < -0.4 is 14.2 Å². The molecular weight excluding hydrogens is 260 g/mol. The first-order chi connectivity index (χ1) is 8.52. The van der Waals surface area contributed by atoms with Crippen LogP contribution in [0.25, 0.3) is 10.9 Å². The molecule has 1 aliphatic rings. The molecule has 3 rings (SSSR count). The largest absolute Gasteiger partial charge is 0.522 e. The van der Waals surface area contributed by atoms with E-state index in [1.807, 2.05) is 0 Å². The van der Waals surface area contributed by atoms with Gasteiger partial charge in [0.25, 0.3) is 5.88 Å². The molecule has 0 unspecified atom stereocenters. The average Bonchev–Trinajstić information content (AvgIpc) is 2.73. The van der Waals surface area contributed by atoms with Crippen LogP contribution in [0, 0.1) is 0 Å². The fourth-order valence-electron chi connectivity index (χ4n) is 2.04. The van der Waals surface area contributed by atoms with E-state index >= 15 is 0 Å². The maximum Gasteiger partial charge on any atom is 0.522 e. The lowest BCUT2D eigenvalue weighted by atomic mass is 10.1. The fourth-order valence-corrected chi connectivity index (χ4v) is 2.76. The number of aromatic hydroxyl groups is 1. The Morgan fingerprint density at radius 2 is 2.17 bits per heavy atom. The smallest absolute Gasteiger partial charge is 0.508 e. The molecular formula is C10H10N2O5S. The number of nitrogens with zero attached hydrogens (tertiary/aromatic N) is 1. The number of rotatable bonds is 2. The first kappa shape index (κ1) is 11.2. The van der Waals surface area contributed by atoms with Crippen LogP contribution in [0.3, 0.4) is 0 Å². The van der Waals surface area contributed by atoms with Gasteiger partial charge in [-0.3, -0.25) is 4.28 Å². The molecule has 0 bridgehead atoms. The van der Waals surface area contributed by atoms with Gasteiger partial charge in [0.05, 0.1) is 5.52 Å². The zero-order valence-electron chi connectivity index (χ0n) is 9.16. The summed E-state index contributed by atoms with van der Waals surface area (Å²) in [6, 6.07) is 4.51. The van der Waals surface area contributed by atoms with E-state index in [9.17, 15) is 13.5 Å². The molecule has 1 aromatic heterocycles. The lowest BCUT2D eigenvalue weighted by Gasteiger charge is -2.00. The molecule has 0 atom stereocenters. The van der Waals surface area contributed by atoms with Crippen LogP contribution in [0.1, 0.15) is 5.56 Å². The Hall–Kier alpha value is -1.93. The first-order valence-electron chi connectivity index (χ1n) is 5.22. The molecule has 0 fully saturated rings. The van der Waals surface area contributed by atoms with Gasteiger partial charge in [0.1, 0.15) is 5.75 Å². The predicted octanol–water partition coefficient (Wildman–Crippen LogP) is -0.0861. The van der Waals surface area contributed by atoms with Crippen molar-refractivity contribution in [1.82, 2.24) is 4.73 Å². The molecule has 0 spiro atoms. The molecule has 2 aromatic rings. The van der Waals surface area contributed by atoms with E-state index in [0.717, 1.165) is 4.73 Å². The molecule has 0 amide bonds. The Morgan fingerprint density at radius 1 is 1.39 bits per heavy atom. The van der Waals surface area contributed by atoms with Gasteiger partial charge in [-0.2, -0.15) is 0 Å². The van der Waals surface area contributed by atoms with E-state index < -0.39 is 10.4 Å². The van der Waals surface area contributed by atoms with Crippen LogP contribution in [0.5, 0.6) is 11.6 Å². The summed E-state index contributed by atoms with van der Waals surface area (Å²) in [4.78, 5) is 0. The van der Waals surface area contributed by atoms with Gasteiger partial charge >= 0.3 is 10.4 Å². The third-order valence-corrected chi connectivity index (χ3v) is 3.40. The molecule has 0 saturated carbocycles. The topological polar surface area (TPSA) is 104 Å². The number of hydrogen-bond donors (Lipinski definition) is 2. The summed E-state index contributed by atoms with van der Waals surface area (Å²) in [6.45, 7) is 0.325. The van der Waals surface area contributed by atoms with E-state index in [0.29, 0.717) is 29.4 Å². The van der Waals surface area contributed by atoms with Gasteiger partial charge in [-0.05, 0) is 31.2 Å². The number of phenols is 1. The zero-order chi connectivity index (χ0) is 12.9. The third-order valence-electron chi connectivity index (χ3n) is 2.71. The summed E-state index contributed by atoms with van der Waals surface area (Å²) in [5.74, 6) is 0.175. The Bertz CT molecular complexity index is 734. The van der Waals surface area contributed by atoms with E-state index in [1.54, 1.807) is 6.07 Å². The van der Waals surface area contributed by atoms with E-state index in [4.69, 9.17) is 14.2 Å². The summed E-state index contributed by atoms with van der Waals surface area (Å²) in [6.07, 6.45) is 0.418. The monoisotopic (exact) mass is 270 g/mol. The van der Waals surface area contributed by atoms with Crippen LogP contribution >= 0.6 is 0 Å². The van der Waals surface area contributed by atoms with Crippen LogP contribution in [-0.2, 0) is 16.8 Å². The van der Waals surface area contributed by atoms with Gasteiger partial charge in [0.15, 0.2) is 0 Å². The molecule has 18 heavy (non-hydrogen) atoms. The number of fused-ring (bicyclic) bond motifs is 3. The Balaban J connectivity index is 2.33. The molecule has 1 aromatic carbocycles. The SMILES string of the molecule is NCCc1c2n(c3ccc(O)cc13)OS(=O)(=O)O2. The minimum Gasteiger partial charge on any atom is -0.508 e. The Morgan fingerprint density at radius 3 is 2.89 bits per heavy atom. The second kappa shape index (κ2) is 3.53. The quantitative estimate of drug-likeness (QED) is 0.790. The first-order valence-corrected chi connectivity index (χ1v) is 6.56. The van der Waals surface area contributed by atoms with Crippen molar-refractivity contribution in [2.24, 2.45) is 5.73 Å². The van der Waals surface area contributed by atoms with Crippen LogP contribution in [0.2, 0.25) is 0 Å². The number of phenolic OH excluding ortho intramolecular Hbond substituents is 1. The molecule has 7 nitrogen and oxygen atoms in total. The second-order valence-corrected chi connectivity index (χ2v) is 5.02. The maximum atomic E-state index is 11.3. The van der Waals surface area contributed by atoms with E-state index in [2.05, 4.69) is 0 Å². The standard InChI is InChI=1S/C10H10N2O5S/c11-4-3-7-8-5-6(13)1-2-9(8)12-10(7)16-18(14,15)17-12/h1-2,5,13H,3-4,11H2. The van der Waals surface area contributed by atoms with Crippen LogP contribution in [-0.4, -0.2) is 24.8 Å². The van der Waals surface area contributed by atoms with Crippen molar-refractivity contribution in [3.8, 4) is 11.6 Å². The summed E-state index contributed by atoms with van der Waals surface area (Å²) in [7, 11) is -4.04. The molecule has 1 aliphatic heterocycles. The van der Waals surface area contributed by atoms with Crippen molar-refractivity contribution >= 4 is 21.3 Å². The highest BCUT2D eigenvalue weighted by molar-refractivity contribution is 7.82. The highest BCUT2D eigenvalue weighted by atomic mass is 32.3. The average molecular weight is 270 g/mol. The summed E-state index contributed by atoms with van der Waals surface area (Å²) in [5.41, 5.74) is 6.60. The van der Waals surface area contributed by atoms with Crippen molar-refractivity contribution in [2.45, 2.75) is 6.42 Å². The molecule has 0 radical (unpaired) electrons.